The first kappa shape index (κ1) is 15.8. The lowest BCUT2D eigenvalue weighted by atomic mass is 10.2. The van der Waals surface area contributed by atoms with Gasteiger partial charge in [0.15, 0.2) is 5.82 Å². The number of carboxylic acid groups (broad SMARTS) is 1. The maximum Gasteiger partial charge on any atom is 0.360 e. The fraction of sp³-hybridized carbons (Fsp3) is 0.167. The van der Waals surface area contributed by atoms with Gasteiger partial charge in [-0.3, -0.25) is 0 Å². The van der Waals surface area contributed by atoms with Gasteiger partial charge in [0.1, 0.15) is 0 Å². The van der Waals surface area contributed by atoms with Crippen molar-refractivity contribution >= 4 is 46.8 Å². The summed E-state index contributed by atoms with van der Waals surface area (Å²) in [5, 5.41) is 20.7. The van der Waals surface area contributed by atoms with Crippen LogP contribution in [0, 0.1) is 0 Å². The van der Waals surface area contributed by atoms with E-state index in [-0.39, 0.29) is 11.5 Å². The minimum absolute atomic E-state index is 0.146. The summed E-state index contributed by atoms with van der Waals surface area (Å²) in [6.07, 6.45) is 1.78. The summed E-state index contributed by atoms with van der Waals surface area (Å²) in [7, 11) is 0. The highest BCUT2D eigenvalue weighted by atomic mass is 35.5. The highest BCUT2D eigenvalue weighted by Crippen LogP contribution is 2.22. The third kappa shape index (κ3) is 3.96. The molecule has 0 aliphatic heterocycles. The van der Waals surface area contributed by atoms with E-state index < -0.39 is 5.97 Å². The average Bonchev–Trinajstić information content (AvgIpc) is 2.45. The number of nitrogens with one attached hydrogen (secondary N) is 1. The number of rotatable bonds is 5. The van der Waals surface area contributed by atoms with Gasteiger partial charge in [-0.1, -0.05) is 41.0 Å². The van der Waals surface area contributed by atoms with Crippen LogP contribution in [0.25, 0.3) is 0 Å². The maximum absolute atomic E-state index is 11.1. The zero-order chi connectivity index (χ0) is 15.4. The van der Waals surface area contributed by atoms with Crippen LogP contribution in [0.5, 0.6) is 0 Å². The monoisotopic (exact) mass is 344 g/mol. The topological polar surface area (TPSA) is 88.0 Å². The van der Waals surface area contributed by atoms with E-state index in [1.54, 1.807) is 24.5 Å². The van der Waals surface area contributed by atoms with Crippen LogP contribution in [-0.4, -0.2) is 32.5 Å². The number of anilines is 1. The van der Waals surface area contributed by atoms with E-state index in [1.807, 2.05) is 0 Å². The van der Waals surface area contributed by atoms with Gasteiger partial charge in [-0.25, -0.2) is 9.78 Å². The molecule has 0 fully saturated rings. The number of hydrogen-bond acceptors (Lipinski definition) is 6. The number of hydrogen-bond donors (Lipinski definition) is 2. The zero-order valence-corrected chi connectivity index (χ0v) is 13.1. The van der Waals surface area contributed by atoms with Gasteiger partial charge >= 0.3 is 5.97 Å². The molecule has 0 radical (unpaired) electrons. The summed E-state index contributed by atoms with van der Waals surface area (Å²) >= 11 is 13.2. The first-order valence-corrected chi connectivity index (χ1v) is 7.69. The number of aromatic carboxylic acids is 1. The molecule has 0 saturated heterocycles. The molecule has 110 valence electrons. The Hall–Kier alpha value is -1.57. The van der Waals surface area contributed by atoms with Crippen molar-refractivity contribution in [2.75, 3.05) is 11.6 Å². The summed E-state index contributed by atoms with van der Waals surface area (Å²) in [6.45, 7) is 0.294. The van der Waals surface area contributed by atoms with Crippen molar-refractivity contribution in [3.8, 4) is 0 Å². The molecule has 0 bridgehead atoms. The highest BCUT2D eigenvalue weighted by molar-refractivity contribution is 7.98. The molecule has 0 aliphatic rings. The molecule has 6 nitrogen and oxygen atoms in total. The molecule has 2 rings (SSSR count). The Bertz CT molecular complexity index is 684. The number of benzene rings is 1. The number of carboxylic acids is 1. The van der Waals surface area contributed by atoms with Gasteiger partial charge in [0, 0.05) is 16.6 Å². The highest BCUT2D eigenvalue weighted by Gasteiger charge is 2.16. The molecule has 2 aromatic rings. The van der Waals surface area contributed by atoms with E-state index in [9.17, 15) is 4.79 Å². The number of halogens is 2. The van der Waals surface area contributed by atoms with Crippen LogP contribution in [0.1, 0.15) is 16.1 Å². The molecule has 1 aromatic carbocycles. The average molecular weight is 345 g/mol. The second-order valence-corrected chi connectivity index (χ2v) is 5.51. The van der Waals surface area contributed by atoms with Gasteiger partial charge in [-0.15, -0.1) is 10.2 Å². The minimum Gasteiger partial charge on any atom is -0.476 e. The van der Waals surface area contributed by atoms with Gasteiger partial charge in [-0.05, 0) is 24.0 Å². The number of thioether (sulfide) groups is 1. The molecule has 1 heterocycles. The molecule has 0 atom stereocenters. The number of aromatic nitrogens is 3. The van der Waals surface area contributed by atoms with Crippen molar-refractivity contribution in [2.24, 2.45) is 0 Å². The molecule has 0 saturated carbocycles. The second-order valence-electron chi connectivity index (χ2n) is 3.89. The normalized spacial score (nSPS) is 10.4. The Morgan fingerprint density at radius 3 is 2.76 bits per heavy atom. The molecular weight excluding hydrogens is 335 g/mol. The minimum atomic E-state index is -1.20. The predicted octanol–water partition coefficient (Wildman–Crippen LogP) is 3.21. The standard InChI is InChI=1S/C12H10Cl2N4O2S/c1-21-12-16-10(9(11(19)20)17-18-12)15-5-6-2-3-7(13)4-8(6)14/h2-4H,5H2,1H3,(H,19,20)(H,15,16,18). The van der Waals surface area contributed by atoms with Gasteiger partial charge in [-0.2, -0.15) is 0 Å². The van der Waals surface area contributed by atoms with Gasteiger partial charge in [0.2, 0.25) is 10.9 Å². The molecule has 0 amide bonds. The summed E-state index contributed by atoms with van der Waals surface area (Å²) < 4.78 is 0. The number of carbonyl (C=O) groups is 1. The second kappa shape index (κ2) is 6.93. The molecule has 21 heavy (non-hydrogen) atoms. The predicted molar refractivity (Wildman–Crippen MR) is 82.4 cm³/mol. The molecular formula is C12H10Cl2N4O2S. The maximum atomic E-state index is 11.1. The molecule has 9 heteroatoms. The molecule has 1 aromatic heterocycles. The Morgan fingerprint density at radius 1 is 1.38 bits per heavy atom. The summed E-state index contributed by atoms with van der Waals surface area (Å²) in [6, 6.07) is 5.07. The van der Waals surface area contributed by atoms with Crippen LogP contribution in [0.4, 0.5) is 5.82 Å². The van der Waals surface area contributed by atoms with Gasteiger partial charge < -0.3 is 10.4 Å². The van der Waals surface area contributed by atoms with Crippen molar-refractivity contribution in [3.63, 3.8) is 0 Å². The van der Waals surface area contributed by atoms with Crippen LogP contribution in [0.3, 0.4) is 0 Å². The smallest absolute Gasteiger partial charge is 0.360 e. The molecule has 0 aliphatic carbocycles. The van der Waals surface area contributed by atoms with Crippen LogP contribution < -0.4 is 5.32 Å². The lowest BCUT2D eigenvalue weighted by Crippen LogP contribution is -2.12. The number of nitrogens with zero attached hydrogens (tertiary/aromatic N) is 3. The fourth-order valence-electron chi connectivity index (χ4n) is 1.51. The van der Waals surface area contributed by atoms with Crippen LogP contribution in [0.2, 0.25) is 10.0 Å². The van der Waals surface area contributed by atoms with E-state index in [0.29, 0.717) is 21.7 Å². The summed E-state index contributed by atoms with van der Waals surface area (Å²) in [5.41, 5.74) is 0.527. The van der Waals surface area contributed by atoms with E-state index in [0.717, 1.165) is 5.56 Å². The Kier molecular flexibility index (Phi) is 5.22. The van der Waals surface area contributed by atoms with E-state index in [4.69, 9.17) is 28.3 Å². The summed E-state index contributed by atoms with van der Waals surface area (Å²) in [4.78, 5) is 15.2. The van der Waals surface area contributed by atoms with Crippen LogP contribution in [0.15, 0.2) is 23.4 Å². The van der Waals surface area contributed by atoms with Crippen molar-refractivity contribution in [1.29, 1.82) is 0 Å². The van der Waals surface area contributed by atoms with Crippen molar-refractivity contribution in [2.45, 2.75) is 11.7 Å². The van der Waals surface area contributed by atoms with Gasteiger partial charge in [0.25, 0.3) is 0 Å². The first-order valence-electron chi connectivity index (χ1n) is 5.71. The van der Waals surface area contributed by atoms with E-state index in [1.165, 1.54) is 11.8 Å². The van der Waals surface area contributed by atoms with Gasteiger partial charge in [0.05, 0.1) is 0 Å². The molecule has 0 spiro atoms. The van der Waals surface area contributed by atoms with Crippen molar-refractivity contribution in [3.05, 3.63) is 39.5 Å². The van der Waals surface area contributed by atoms with Crippen molar-refractivity contribution < 1.29 is 9.90 Å². The molecule has 0 unspecified atom stereocenters. The zero-order valence-electron chi connectivity index (χ0n) is 10.8. The van der Waals surface area contributed by atoms with E-state index >= 15 is 0 Å². The largest absolute Gasteiger partial charge is 0.476 e. The summed E-state index contributed by atoms with van der Waals surface area (Å²) in [5.74, 6) is -1.06. The van der Waals surface area contributed by atoms with Crippen molar-refractivity contribution in [1.82, 2.24) is 15.2 Å². The fourth-order valence-corrected chi connectivity index (χ4v) is 2.29. The van der Waals surface area contributed by atoms with Crippen LogP contribution in [-0.2, 0) is 6.54 Å². The first-order chi connectivity index (χ1) is 10.0. The van der Waals surface area contributed by atoms with Crippen LogP contribution >= 0.6 is 35.0 Å². The Labute approximate surface area is 134 Å². The quantitative estimate of drug-likeness (QED) is 0.805. The lowest BCUT2D eigenvalue weighted by Gasteiger charge is -2.09. The Morgan fingerprint density at radius 2 is 2.14 bits per heavy atom. The Balaban J connectivity index is 2.24. The third-order valence-corrected chi connectivity index (χ3v) is 3.64. The third-order valence-electron chi connectivity index (χ3n) is 2.51. The SMILES string of the molecule is CSc1nnc(C(=O)O)c(NCc2ccc(Cl)cc2Cl)n1. The van der Waals surface area contributed by atoms with E-state index in [2.05, 4.69) is 20.5 Å². The molecule has 2 N–H and O–H groups in total. The lowest BCUT2D eigenvalue weighted by molar-refractivity contribution is 0.0689.